The molecular formula is C11H10N2O2. The molecule has 0 aliphatic heterocycles. The number of aromatic nitrogens is 2. The highest BCUT2D eigenvalue weighted by Gasteiger charge is 2.25. The number of carbonyl (C=O) groups is 1. The molecule has 1 fully saturated rings. The first-order valence-corrected chi connectivity index (χ1v) is 4.96. The summed E-state index contributed by atoms with van der Waals surface area (Å²) in [6, 6.07) is 3.67. The normalized spacial score (nSPS) is 15.7. The van der Waals surface area contributed by atoms with Gasteiger partial charge in [-0.15, -0.1) is 0 Å². The third-order valence-electron chi connectivity index (χ3n) is 2.76. The minimum atomic E-state index is -0.932. The summed E-state index contributed by atoms with van der Waals surface area (Å²) in [6.45, 7) is 0. The quantitative estimate of drug-likeness (QED) is 0.784. The minimum Gasteiger partial charge on any atom is -0.478 e. The SMILES string of the molecule is O=C(O)c1cnc2[nH]c(C3CC3)cc2c1. The number of hydrogen-bond donors (Lipinski definition) is 2. The monoisotopic (exact) mass is 202 g/mol. The van der Waals surface area contributed by atoms with E-state index in [1.807, 2.05) is 6.07 Å². The van der Waals surface area contributed by atoms with Crippen LogP contribution in [0, 0.1) is 0 Å². The highest BCUT2D eigenvalue weighted by atomic mass is 16.4. The zero-order valence-corrected chi connectivity index (χ0v) is 8.03. The van der Waals surface area contributed by atoms with Crippen molar-refractivity contribution in [2.24, 2.45) is 0 Å². The van der Waals surface area contributed by atoms with Crippen molar-refractivity contribution < 1.29 is 9.90 Å². The molecule has 4 heteroatoms. The molecular weight excluding hydrogens is 192 g/mol. The van der Waals surface area contributed by atoms with Gasteiger partial charge >= 0.3 is 5.97 Å². The molecule has 2 heterocycles. The van der Waals surface area contributed by atoms with Crippen LogP contribution in [0.3, 0.4) is 0 Å². The molecule has 76 valence electrons. The van der Waals surface area contributed by atoms with Crippen LogP contribution >= 0.6 is 0 Å². The molecule has 1 aliphatic rings. The van der Waals surface area contributed by atoms with Gasteiger partial charge in [0.2, 0.25) is 0 Å². The lowest BCUT2D eigenvalue weighted by atomic mass is 10.2. The maximum absolute atomic E-state index is 10.7. The summed E-state index contributed by atoms with van der Waals surface area (Å²) in [4.78, 5) is 18.1. The van der Waals surface area contributed by atoms with Crippen molar-refractivity contribution in [3.05, 3.63) is 29.6 Å². The predicted molar refractivity (Wildman–Crippen MR) is 55.0 cm³/mol. The van der Waals surface area contributed by atoms with Crippen LogP contribution in [0.15, 0.2) is 18.3 Å². The molecule has 15 heavy (non-hydrogen) atoms. The minimum absolute atomic E-state index is 0.240. The van der Waals surface area contributed by atoms with Crippen molar-refractivity contribution in [2.75, 3.05) is 0 Å². The summed E-state index contributed by atoms with van der Waals surface area (Å²) >= 11 is 0. The largest absolute Gasteiger partial charge is 0.478 e. The van der Waals surface area contributed by atoms with Crippen molar-refractivity contribution in [1.29, 1.82) is 0 Å². The Labute approximate surface area is 86.0 Å². The molecule has 0 atom stereocenters. The molecule has 0 spiro atoms. The standard InChI is InChI=1S/C11H10N2O2/c14-11(15)8-3-7-4-9(6-1-2-6)13-10(7)12-5-8/h3-6H,1-2H2,(H,12,13)(H,14,15). The molecule has 0 radical (unpaired) electrons. The Hall–Kier alpha value is -1.84. The number of aromatic carboxylic acids is 1. The molecule has 4 nitrogen and oxygen atoms in total. The molecule has 2 aromatic rings. The predicted octanol–water partition coefficient (Wildman–Crippen LogP) is 2.14. The molecule has 3 rings (SSSR count). The number of H-pyrrole nitrogens is 1. The summed E-state index contributed by atoms with van der Waals surface area (Å²) in [6.07, 6.45) is 3.83. The lowest BCUT2D eigenvalue weighted by Gasteiger charge is -1.92. The maximum Gasteiger partial charge on any atom is 0.337 e. The second-order valence-electron chi connectivity index (χ2n) is 3.97. The van der Waals surface area contributed by atoms with Crippen molar-refractivity contribution in [1.82, 2.24) is 9.97 Å². The lowest BCUT2D eigenvalue weighted by Crippen LogP contribution is -1.96. The van der Waals surface area contributed by atoms with Gasteiger partial charge in [0.15, 0.2) is 0 Å². The van der Waals surface area contributed by atoms with Crippen molar-refractivity contribution in [2.45, 2.75) is 18.8 Å². The van der Waals surface area contributed by atoms with E-state index in [1.165, 1.54) is 24.7 Å². The van der Waals surface area contributed by atoms with Crippen LogP contribution in [-0.4, -0.2) is 21.0 Å². The smallest absolute Gasteiger partial charge is 0.337 e. The third kappa shape index (κ3) is 1.38. The van der Waals surface area contributed by atoms with E-state index in [9.17, 15) is 4.79 Å². The van der Waals surface area contributed by atoms with Crippen molar-refractivity contribution >= 4 is 17.0 Å². The fraction of sp³-hybridized carbons (Fsp3) is 0.273. The van der Waals surface area contributed by atoms with Gasteiger partial charge in [-0.25, -0.2) is 9.78 Å². The fourth-order valence-electron chi connectivity index (χ4n) is 1.77. The number of pyridine rings is 1. The maximum atomic E-state index is 10.7. The van der Waals surface area contributed by atoms with Gasteiger partial charge in [-0.1, -0.05) is 0 Å². The van der Waals surface area contributed by atoms with Crippen molar-refractivity contribution in [3.8, 4) is 0 Å². The number of nitrogens with one attached hydrogen (secondary N) is 1. The Morgan fingerprint density at radius 1 is 1.47 bits per heavy atom. The third-order valence-corrected chi connectivity index (χ3v) is 2.76. The number of nitrogens with zero attached hydrogens (tertiary/aromatic N) is 1. The number of hydrogen-bond acceptors (Lipinski definition) is 2. The second-order valence-corrected chi connectivity index (χ2v) is 3.97. The molecule has 1 saturated carbocycles. The summed E-state index contributed by atoms with van der Waals surface area (Å²) in [5.41, 5.74) is 2.20. The summed E-state index contributed by atoms with van der Waals surface area (Å²) < 4.78 is 0. The summed E-state index contributed by atoms with van der Waals surface area (Å²) in [7, 11) is 0. The van der Waals surface area contributed by atoms with Gasteiger partial charge in [-0.05, 0) is 30.9 Å². The van der Waals surface area contributed by atoms with E-state index in [-0.39, 0.29) is 5.56 Å². The average Bonchev–Trinajstić information content (AvgIpc) is 2.97. The van der Waals surface area contributed by atoms with Gasteiger partial charge in [0.25, 0.3) is 0 Å². The lowest BCUT2D eigenvalue weighted by molar-refractivity contribution is 0.0696. The molecule has 2 aromatic heterocycles. The number of fused-ring (bicyclic) bond motifs is 1. The van der Waals surface area contributed by atoms with Crippen LogP contribution in [0.2, 0.25) is 0 Å². The van der Waals surface area contributed by atoms with Crippen LogP contribution < -0.4 is 0 Å². The Morgan fingerprint density at radius 2 is 2.27 bits per heavy atom. The molecule has 0 bridgehead atoms. The zero-order chi connectivity index (χ0) is 10.4. The van der Waals surface area contributed by atoms with Crippen LogP contribution in [0.5, 0.6) is 0 Å². The molecule has 0 unspecified atom stereocenters. The topological polar surface area (TPSA) is 66.0 Å². The Morgan fingerprint density at radius 3 is 2.93 bits per heavy atom. The van der Waals surface area contributed by atoms with Gasteiger partial charge in [0.1, 0.15) is 5.65 Å². The molecule has 1 aliphatic carbocycles. The molecule has 2 N–H and O–H groups in total. The highest BCUT2D eigenvalue weighted by Crippen LogP contribution is 2.40. The van der Waals surface area contributed by atoms with E-state index in [2.05, 4.69) is 9.97 Å². The van der Waals surface area contributed by atoms with Gasteiger partial charge in [0.05, 0.1) is 5.56 Å². The first-order chi connectivity index (χ1) is 7.24. The van der Waals surface area contributed by atoms with Crippen molar-refractivity contribution in [3.63, 3.8) is 0 Å². The average molecular weight is 202 g/mol. The van der Waals surface area contributed by atoms with Gasteiger partial charge in [-0.2, -0.15) is 0 Å². The Balaban J connectivity index is 2.13. The van der Waals surface area contributed by atoms with E-state index < -0.39 is 5.97 Å². The van der Waals surface area contributed by atoms with E-state index in [4.69, 9.17) is 5.11 Å². The zero-order valence-electron chi connectivity index (χ0n) is 8.03. The highest BCUT2D eigenvalue weighted by molar-refractivity contribution is 5.92. The van der Waals surface area contributed by atoms with Gasteiger partial charge in [-0.3, -0.25) is 0 Å². The summed E-state index contributed by atoms with van der Waals surface area (Å²) in [5, 5.41) is 9.71. The molecule has 0 amide bonds. The van der Waals surface area contributed by atoms with Gasteiger partial charge in [0, 0.05) is 17.3 Å². The molecule has 0 aromatic carbocycles. The van der Waals surface area contributed by atoms with Crippen LogP contribution in [0.1, 0.15) is 34.8 Å². The first kappa shape index (κ1) is 8.47. The van der Waals surface area contributed by atoms with E-state index in [0.717, 1.165) is 11.0 Å². The van der Waals surface area contributed by atoms with Crippen LogP contribution in [-0.2, 0) is 0 Å². The number of carboxylic acids is 1. The van der Waals surface area contributed by atoms with Crippen LogP contribution in [0.25, 0.3) is 11.0 Å². The summed E-state index contributed by atoms with van der Waals surface area (Å²) in [5.74, 6) is -0.300. The van der Waals surface area contributed by atoms with Crippen LogP contribution in [0.4, 0.5) is 0 Å². The van der Waals surface area contributed by atoms with E-state index in [1.54, 1.807) is 6.07 Å². The van der Waals surface area contributed by atoms with E-state index >= 15 is 0 Å². The second kappa shape index (κ2) is 2.82. The number of rotatable bonds is 2. The Bertz CT molecular complexity index is 541. The molecule has 0 saturated heterocycles. The Kier molecular flexibility index (Phi) is 1.59. The fourth-order valence-corrected chi connectivity index (χ4v) is 1.77. The van der Waals surface area contributed by atoms with E-state index in [0.29, 0.717) is 5.92 Å². The van der Waals surface area contributed by atoms with Gasteiger partial charge < -0.3 is 10.1 Å². The first-order valence-electron chi connectivity index (χ1n) is 4.96. The number of aromatic amines is 1. The number of carboxylic acid groups (broad SMARTS) is 1.